The Morgan fingerprint density at radius 3 is 2.42 bits per heavy atom. The van der Waals surface area contributed by atoms with Gasteiger partial charge in [0.2, 0.25) is 5.91 Å². The molecule has 6 heteroatoms. The number of rotatable bonds is 5. The van der Waals surface area contributed by atoms with Gasteiger partial charge in [-0.25, -0.2) is 8.78 Å². The SMILES string of the molecule is CC(Sc1ccccc1Cl)C(=O)N(C)C(C)c1ccc(F)c(F)c1. The summed E-state index contributed by atoms with van der Waals surface area (Å²) in [6.07, 6.45) is 0. The van der Waals surface area contributed by atoms with E-state index >= 15 is 0 Å². The molecule has 128 valence electrons. The minimum atomic E-state index is -0.918. The average molecular weight is 370 g/mol. The fourth-order valence-electron chi connectivity index (χ4n) is 2.25. The van der Waals surface area contributed by atoms with Crippen LogP contribution in [0.25, 0.3) is 0 Å². The summed E-state index contributed by atoms with van der Waals surface area (Å²) in [4.78, 5) is 15.0. The minimum Gasteiger partial charge on any atom is -0.338 e. The molecule has 24 heavy (non-hydrogen) atoms. The van der Waals surface area contributed by atoms with E-state index in [1.807, 2.05) is 18.2 Å². The van der Waals surface area contributed by atoms with E-state index in [-0.39, 0.29) is 17.2 Å². The third-order valence-electron chi connectivity index (χ3n) is 3.84. The molecule has 0 saturated heterocycles. The number of benzene rings is 2. The summed E-state index contributed by atoms with van der Waals surface area (Å²) < 4.78 is 26.5. The zero-order chi connectivity index (χ0) is 17.9. The van der Waals surface area contributed by atoms with Crippen LogP contribution in [0.15, 0.2) is 47.4 Å². The van der Waals surface area contributed by atoms with Crippen LogP contribution >= 0.6 is 23.4 Å². The molecule has 0 aliphatic rings. The predicted molar refractivity (Wildman–Crippen MR) is 94.3 cm³/mol. The van der Waals surface area contributed by atoms with Crippen LogP contribution in [-0.2, 0) is 4.79 Å². The molecule has 0 radical (unpaired) electrons. The molecular weight excluding hydrogens is 352 g/mol. The highest BCUT2D eigenvalue weighted by Crippen LogP contribution is 2.32. The summed E-state index contributed by atoms with van der Waals surface area (Å²) in [7, 11) is 1.65. The van der Waals surface area contributed by atoms with Gasteiger partial charge in [-0.05, 0) is 43.7 Å². The molecular formula is C18H18ClF2NOS. The largest absolute Gasteiger partial charge is 0.338 e. The Morgan fingerprint density at radius 1 is 1.12 bits per heavy atom. The molecule has 1 amide bonds. The third kappa shape index (κ3) is 4.28. The standard InChI is InChI=1S/C18H18ClF2NOS/c1-11(13-8-9-15(20)16(21)10-13)22(3)18(23)12(2)24-17-7-5-4-6-14(17)19/h4-12H,1-3H3. The molecule has 0 saturated carbocycles. The second-order valence-corrected chi connectivity index (χ2v) is 7.28. The van der Waals surface area contributed by atoms with Crippen LogP contribution in [0.4, 0.5) is 8.78 Å². The lowest BCUT2D eigenvalue weighted by molar-refractivity contribution is -0.130. The Morgan fingerprint density at radius 2 is 1.79 bits per heavy atom. The van der Waals surface area contributed by atoms with E-state index in [1.165, 1.54) is 22.7 Å². The molecule has 0 fully saturated rings. The summed E-state index contributed by atoms with van der Waals surface area (Å²) >= 11 is 7.49. The van der Waals surface area contributed by atoms with Crippen LogP contribution in [-0.4, -0.2) is 23.1 Å². The fraction of sp³-hybridized carbons (Fsp3) is 0.278. The molecule has 2 unspecified atom stereocenters. The van der Waals surface area contributed by atoms with Crippen molar-refractivity contribution in [1.82, 2.24) is 4.90 Å². The van der Waals surface area contributed by atoms with E-state index in [0.717, 1.165) is 17.0 Å². The molecule has 0 aliphatic carbocycles. The molecule has 2 atom stereocenters. The molecule has 0 N–H and O–H groups in total. The summed E-state index contributed by atoms with van der Waals surface area (Å²) in [6, 6.07) is 10.6. The van der Waals surface area contributed by atoms with Crippen molar-refractivity contribution in [1.29, 1.82) is 0 Å². The smallest absolute Gasteiger partial charge is 0.236 e. The van der Waals surface area contributed by atoms with Crippen molar-refractivity contribution in [2.45, 2.75) is 30.0 Å². The number of carbonyl (C=O) groups excluding carboxylic acids is 1. The molecule has 0 aromatic heterocycles. The van der Waals surface area contributed by atoms with Crippen molar-refractivity contribution in [3.63, 3.8) is 0 Å². The van der Waals surface area contributed by atoms with E-state index in [0.29, 0.717) is 10.6 Å². The van der Waals surface area contributed by atoms with Crippen LogP contribution < -0.4 is 0 Å². The average Bonchev–Trinajstić information content (AvgIpc) is 2.57. The van der Waals surface area contributed by atoms with Gasteiger partial charge >= 0.3 is 0 Å². The maximum Gasteiger partial charge on any atom is 0.236 e. The van der Waals surface area contributed by atoms with Crippen molar-refractivity contribution in [2.75, 3.05) is 7.05 Å². The Balaban J connectivity index is 2.10. The summed E-state index contributed by atoms with van der Waals surface area (Å²) in [5.74, 6) is -1.93. The minimum absolute atomic E-state index is 0.114. The highest BCUT2D eigenvalue weighted by Gasteiger charge is 2.24. The number of hydrogen-bond donors (Lipinski definition) is 0. The van der Waals surface area contributed by atoms with Crippen LogP contribution in [0.1, 0.15) is 25.5 Å². The van der Waals surface area contributed by atoms with Gasteiger partial charge in [0.25, 0.3) is 0 Å². The topological polar surface area (TPSA) is 20.3 Å². The fourth-order valence-corrected chi connectivity index (χ4v) is 3.51. The van der Waals surface area contributed by atoms with Gasteiger partial charge in [-0.2, -0.15) is 0 Å². The Labute approximate surface area is 149 Å². The first kappa shape index (κ1) is 18.7. The lowest BCUT2D eigenvalue weighted by Crippen LogP contribution is -2.35. The Kier molecular flexibility index (Phi) is 6.24. The van der Waals surface area contributed by atoms with E-state index in [2.05, 4.69) is 0 Å². The monoisotopic (exact) mass is 369 g/mol. The molecule has 0 heterocycles. The Bertz CT molecular complexity index is 741. The molecule has 0 spiro atoms. The maximum absolute atomic E-state index is 13.4. The van der Waals surface area contributed by atoms with Gasteiger partial charge in [0.1, 0.15) is 0 Å². The number of nitrogens with zero attached hydrogens (tertiary/aromatic N) is 1. The normalized spacial score (nSPS) is 13.4. The van der Waals surface area contributed by atoms with Gasteiger partial charge < -0.3 is 4.90 Å². The molecule has 2 nitrogen and oxygen atoms in total. The molecule has 2 aromatic rings. The van der Waals surface area contributed by atoms with Crippen LogP contribution in [0, 0.1) is 11.6 Å². The quantitative estimate of drug-likeness (QED) is 0.665. The lowest BCUT2D eigenvalue weighted by atomic mass is 10.1. The van der Waals surface area contributed by atoms with Gasteiger partial charge in [0.05, 0.1) is 16.3 Å². The predicted octanol–water partition coefficient (Wildman–Crippen LogP) is 5.32. The van der Waals surface area contributed by atoms with E-state index in [1.54, 1.807) is 27.0 Å². The van der Waals surface area contributed by atoms with Gasteiger partial charge in [0, 0.05) is 11.9 Å². The van der Waals surface area contributed by atoms with E-state index in [9.17, 15) is 13.6 Å². The maximum atomic E-state index is 13.4. The number of thioether (sulfide) groups is 1. The first-order valence-corrected chi connectivity index (χ1v) is 8.69. The van der Waals surface area contributed by atoms with Gasteiger partial charge in [-0.15, -0.1) is 11.8 Å². The van der Waals surface area contributed by atoms with Crippen molar-refractivity contribution >= 4 is 29.3 Å². The van der Waals surface area contributed by atoms with Gasteiger partial charge in [-0.3, -0.25) is 4.79 Å². The van der Waals surface area contributed by atoms with Crippen molar-refractivity contribution in [2.24, 2.45) is 0 Å². The van der Waals surface area contributed by atoms with Gasteiger partial charge in [0.15, 0.2) is 11.6 Å². The summed E-state index contributed by atoms with van der Waals surface area (Å²) in [6.45, 7) is 3.57. The second kappa shape index (κ2) is 7.99. The Hall–Kier alpha value is -1.59. The molecule has 2 rings (SSSR count). The molecule has 0 bridgehead atoms. The van der Waals surface area contributed by atoms with Crippen molar-refractivity contribution in [3.8, 4) is 0 Å². The first-order valence-electron chi connectivity index (χ1n) is 7.44. The molecule has 2 aromatic carbocycles. The number of halogens is 3. The number of hydrogen-bond acceptors (Lipinski definition) is 2. The lowest BCUT2D eigenvalue weighted by Gasteiger charge is -2.28. The second-order valence-electron chi connectivity index (χ2n) is 5.49. The first-order chi connectivity index (χ1) is 11.3. The van der Waals surface area contributed by atoms with Crippen molar-refractivity contribution in [3.05, 3.63) is 64.7 Å². The van der Waals surface area contributed by atoms with Crippen LogP contribution in [0.5, 0.6) is 0 Å². The van der Waals surface area contributed by atoms with E-state index in [4.69, 9.17) is 11.6 Å². The van der Waals surface area contributed by atoms with E-state index < -0.39 is 11.6 Å². The summed E-state index contributed by atoms with van der Waals surface area (Å²) in [5.41, 5.74) is 0.541. The highest BCUT2D eigenvalue weighted by molar-refractivity contribution is 8.00. The highest BCUT2D eigenvalue weighted by atomic mass is 35.5. The molecule has 0 aliphatic heterocycles. The summed E-state index contributed by atoms with van der Waals surface area (Å²) in [5, 5.41) is 0.237. The zero-order valence-electron chi connectivity index (χ0n) is 13.6. The number of amides is 1. The zero-order valence-corrected chi connectivity index (χ0v) is 15.2. The van der Waals surface area contributed by atoms with Crippen LogP contribution in [0.3, 0.4) is 0 Å². The van der Waals surface area contributed by atoms with Crippen molar-refractivity contribution < 1.29 is 13.6 Å². The van der Waals surface area contributed by atoms with Crippen LogP contribution in [0.2, 0.25) is 5.02 Å². The number of carbonyl (C=O) groups is 1. The third-order valence-corrected chi connectivity index (χ3v) is 5.45. The van der Waals surface area contributed by atoms with Gasteiger partial charge in [-0.1, -0.05) is 29.8 Å².